The normalized spacial score (nSPS) is 13.3. The molecular formula is C23H16ClNO4. The predicted molar refractivity (Wildman–Crippen MR) is 110 cm³/mol. The van der Waals surface area contributed by atoms with Crippen molar-refractivity contribution < 1.29 is 19.1 Å². The van der Waals surface area contributed by atoms with Crippen molar-refractivity contribution in [1.82, 2.24) is 0 Å². The Morgan fingerprint density at radius 1 is 0.862 bits per heavy atom. The number of ether oxygens (including phenoxy) is 1. The predicted octanol–water partition coefficient (Wildman–Crippen LogP) is 4.52. The van der Waals surface area contributed by atoms with Crippen molar-refractivity contribution in [2.75, 3.05) is 5.32 Å². The van der Waals surface area contributed by atoms with Gasteiger partial charge >= 0.3 is 0 Å². The molecule has 0 aliphatic heterocycles. The molecule has 4 rings (SSSR count). The molecule has 29 heavy (non-hydrogen) atoms. The number of ketones is 2. The molecular weight excluding hydrogens is 390 g/mol. The molecule has 0 bridgehead atoms. The maximum atomic E-state index is 12.8. The fourth-order valence-corrected chi connectivity index (χ4v) is 3.39. The van der Waals surface area contributed by atoms with Gasteiger partial charge in [-0.1, -0.05) is 48.0 Å². The van der Waals surface area contributed by atoms with Crippen LogP contribution in [0.4, 0.5) is 5.69 Å². The maximum Gasteiger partial charge on any atom is 0.265 e. The van der Waals surface area contributed by atoms with Crippen LogP contribution in [0.15, 0.2) is 66.7 Å². The molecule has 1 atom stereocenters. The second kappa shape index (κ2) is 7.53. The van der Waals surface area contributed by atoms with Crippen molar-refractivity contribution in [3.8, 4) is 5.75 Å². The van der Waals surface area contributed by atoms with Gasteiger partial charge in [0.1, 0.15) is 5.75 Å². The fraction of sp³-hybridized carbons (Fsp3) is 0.0870. The van der Waals surface area contributed by atoms with Gasteiger partial charge in [-0.3, -0.25) is 14.4 Å². The summed E-state index contributed by atoms with van der Waals surface area (Å²) in [5.41, 5.74) is 1.76. The zero-order chi connectivity index (χ0) is 20.5. The van der Waals surface area contributed by atoms with Crippen molar-refractivity contribution in [3.05, 3.63) is 94.0 Å². The van der Waals surface area contributed by atoms with Gasteiger partial charge in [0.05, 0.1) is 5.02 Å². The molecule has 1 amide bonds. The van der Waals surface area contributed by atoms with Gasteiger partial charge in [-0.25, -0.2) is 0 Å². The number of benzene rings is 3. The van der Waals surface area contributed by atoms with Crippen LogP contribution in [0.5, 0.6) is 5.75 Å². The molecule has 0 unspecified atom stereocenters. The number of anilines is 1. The first-order valence-electron chi connectivity index (χ1n) is 9.00. The van der Waals surface area contributed by atoms with Crippen molar-refractivity contribution in [2.24, 2.45) is 0 Å². The third kappa shape index (κ3) is 3.52. The van der Waals surface area contributed by atoms with E-state index in [0.717, 1.165) is 0 Å². The van der Waals surface area contributed by atoms with E-state index in [1.807, 2.05) is 0 Å². The number of hydrogen-bond donors (Lipinski definition) is 1. The fourth-order valence-electron chi connectivity index (χ4n) is 3.21. The number of nitrogens with one attached hydrogen (secondary N) is 1. The molecule has 3 aromatic carbocycles. The van der Waals surface area contributed by atoms with Crippen molar-refractivity contribution in [3.63, 3.8) is 0 Å². The molecule has 0 aromatic heterocycles. The van der Waals surface area contributed by atoms with E-state index in [9.17, 15) is 14.4 Å². The molecule has 0 saturated carbocycles. The minimum Gasteiger partial charge on any atom is -0.479 e. The highest BCUT2D eigenvalue weighted by molar-refractivity contribution is 6.32. The molecule has 144 valence electrons. The molecule has 6 heteroatoms. The van der Waals surface area contributed by atoms with Gasteiger partial charge in [-0.05, 0) is 37.3 Å². The van der Waals surface area contributed by atoms with Crippen LogP contribution in [0, 0.1) is 0 Å². The van der Waals surface area contributed by atoms with Crippen LogP contribution < -0.4 is 10.1 Å². The van der Waals surface area contributed by atoms with Crippen LogP contribution in [-0.4, -0.2) is 23.6 Å². The highest BCUT2D eigenvalue weighted by Crippen LogP contribution is 2.29. The van der Waals surface area contributed by atoms with Crippen LogP contribution in [0.25, 0.3) is 0 Å². The van der Waals surface area contributed by atoms with Gasteiger partial charge in [0, 0.05) is 27.9 Å². The van der Waals surface area contributed by atoms with E-state index < -0.39 is 12.0 Å². The topological polar surface area (TPSA) is 72.5 Å². The number of fused-ring (bicyclic) bond motifs is 2. The Bertz CT molecular complexity index is 1160. The largest absolute Gasteiger partial charge is 0.479 e. The summed E-state index contributed by atoms with van der Waals surface area (Å²) in [6.45, 7) is 1.60. The third-order valence-electron chi connectivity index (χ3n) is 4.70. The highest BCUT2D eigenvalue weighted by Gasteiger charge is 2.29. The average molecular weight is 406 g/mol. The maximum absolute atomic E-state index is 12.8. The van der Waals surface area contributed by atoms with Crippen LogP contribution in [-0.2, 0) is 4.79 Å². The zero-order valence-electron chi connectivity index (χ0n) is 15.4. The highest BCUT2D eigenvalue weighted by atomic mass is 35.5. The van der Waals surface area contributed by atoms with Gasteiger partial charge in [0.15, 0.2) is 17.7 Å². The summed E-state index contributed by atoms with van der Waals surface area (Å²) >= 11 is 6.06. The molecule has 0 radical (unpaired) electrons. The second-order valence-electron chi connectivity index (χ2n) is 6.64. The van der Waals surface area contributed by atoms with E-state index in [-0.39, 0.29) is 17.1 Å². The van der Waals surface area contributed by atoms with Gasteiger partial charge in [-0.2, -0.15) is 0 Å². The summed E-state index contributed by atoms with van der Waals surface area (Å²) in [4.78, 5) is 38.0. The second-order valence-corrected chi connectivity index (χ2v) is 7.05. The van der Waals surface area contributed by atoms with Crippen molar-refractivity contribution in [2.45, 2.75) is 13.0 Å². The number of hydrogen-bond acceptors (Lipinski definition) is 4. The summed E-state index contributed by atoms with van der Waals surface area (Å²) < 4.78 is 5.61. The number of rotatable bonds is 4. The lowest BCUT2D eigenvalue weighted by molar-refractivity contribution is -0.122. The third-order valence-corrected chi connectivity index (χ3v) is 5.01. The number of para-hydroxylation sites is 1. The molecule has 3 aromatic rings. The van der Waals surface area contributed by atoms with Gasteiger partial charge in [0.25, 0.3) is 5.91 Å². The molecule has 5 nitrogen and oxygen atoms in total. The van der Waals surface area contributed by atoms with Crippen LogP contribution in [0.2, 0.25) is 5.02 Å². The van der Waals surface area contributed by atoms with Crippen LogP contribution in [0.3, 0.4) is 0 Å². The Labute approximate surface area is 172 Å². The lowest BCUT2D eigenvalue weighted by atomic mass is 9.84. The van der Waals surface area contributed by atoms with E-state index in [0.29, 0.717) is 33.1 Å². The van der Waals surface area contributed by atoms with Crippen LogP contribution in [0.1, 0.15) is 38.8 Å². The molecule has 0 saturated heterocycles. The minimum absolute atomic E-state index is 0.205. The van der Waals surface area contributed by atoms with E-state index >= 15 is 0 Å². The van der Waals surface area contributed by atoms with Gasteiger partial charge in [-0.15, -0.1) is 0 Å². The number of carbonyl (C=O) groups is 3. The first-order chi connectivity index (χ1) is 14.0. The average Bonchev–Trinajstić information content (AvgIpc) is 2.73. The van der Waals surface area contributed by atoms with E-state index in [1.54, 1.807) is 67.6 Å². The van der Waals surface area contributed by atoms with E-state index in [2.05, 4.69) is 5.32 Å². The summed E-state index contributed by atoms with van der Waals surface area (Å²) in [5.74, 6) is -0.449. The standard InChI is InChI=1S/C23H16ClNO4/c1-13(29-20-9-5-4-8-19(20)24)23(28)25-14-10-11-17-18(12-14)22(27)16-7-3-2-6-15(16)21(17)26/h2-13H,1H3,(H,25,28)/t13-/m0/s1. The first-order valence-corrected chi connectivity index (χ1v) is 9.38. The SMILES string of the molecule is C[C@H](Oc1ccccc1Cl)C(=O)Nc1ccc2c(c1)C(=O)c1ccccc1C2=O. The summed E-state index contributed by atoms with van der Waals surface area (Å²) in [7, 11) is 0. The number of carbonyl (C=O) groups excluding carboxylic acids is 3. The van der Waals surface area contributed by atoms with Crippen molar-refractivity contribution >= 4 is 34.8 Å². The molecule has 1 N–H and O–H groups in total. The van der Waals surface area contributed by atoms with Gasteiger partial charge < -0.3 is 10.1 Å². The Balaban J connectivity index is 1.55. The Hall–Kier alpha value is -3.44. The molecule has 1 aliphatic rings. The lowest BCUT2D eigenvalue weighted by Crippen LogP contribution is -2.30. The monoisotopic (exact) mass is 405 g/mol. The Morgan fingerprint density at radius 2 is 1.45 bits per heavy atom. The molecule has 1 aliphatic carbocycles. The molecule has 0 spiro atoms. The smallest absolute Gasteiger partial charge is 0.265 e. The first kappa shape index (κ1) is 18.9. The summed E-state index contributed by atoms with van der Waals surface area (Å²) in [6.07, 6.45) is -0.816. The number of halogens is 1. The summed E-state index contributed by atoms with van der Waals surface area (Å²) in [5, 5.41) is 3.13. The summed E-state index contributed by atoms with van der Waals surface area (Å²) in [6, 6.07) is 18.3. The quantitative estimate of drug-likeness (QED) is 0.541. The van der Waals surface area contributed by atoms with Crippen LogP contribution >= 0.6 is 11.6 Å². The Morgan fingerprint density at radius 3 is 2.14 bits per heavy atom. The molecule has 0 fully saturated rings. The Kier molecular flexibility index (Phi) is 4.91. The van der Waals surface area contributed by atoms with Gasteiger partial charge in [0.2, 0.25) is 0 Å². The van der Waals surface area contributed by atoms with E-state index in [1.165, 1.54) is 6.07 Å². The number of amides is 1. The minimum atomic E-state index is -0.816. The van der Waals surface area contributed by atoms with E-state index in [4.69, 9.17) is 16.3 Å². The lowest BCUT2D eigenvalue weighted by Gasteiger charge is -2.19. The molecule has 0 heterocycles. The van der Waals surface area contributed by atoms with Crippen molar-refractivity contribution in [1.29, 1.82) is 0 Å². The zero-order valence-corrected chi connectivity index (χ0v) is 16.2.